The number of piperidine rings is 1. The summed E-state index contributed by atoms with van der Waals surface area (Å²) in [6.45, 7) is 4.95. The normalized spacial score (nSPS) is 24.5. The highest BCUT2D eigenvalue weighted by Crippen LogP contribution is 2.35. The Balaban J connectivity index is 1.49. The van der Waals surface area contributed by atoms with Gasteiger partial charge in [0, 0.05) is 30.1 Å². The lowest BCUT2D eigenvalue weighted by Crippen LogP contribution is -2.45. The first-order chi connectivity index (χ1) is 12.9. The van der Waals surface area contributed by atoms with E-state index in [-0.39, 0.29) is 18.1 Å². The molecule has 2 aliphatic rings. The number of aromatic nitrogens is 2. The second-order valence-electron chi connectivity index (χ2n) is 7.59. The molecule has 0 aliphatic carbocycles. The van der Waals surface area contributed by atoms with Gasteiger partial charge in [-0.25, -0.2) is 0 Å². The van der Waals surface area contributed by atoms with Crippen LogP contribution in [0.4, 0.5) is 0 Å². The summed E-state index contributed by atoms with van der Waals surface area (Å²) in [6, 6.07) is 7.28. The topological polar surface area (TPSA) is 78.5 Å². The maximum atomic E-state index is 13.0. The standard InChI is InChI=1S/C20H24ClN3O3/c1-12-11-16-17(13(2)27-12)22-23-18(16)19(25)24-9-7-20(26,8-10-24)14-3-5-15(21)6-4-14/h3-6,12-13,26H,7-11H2,1-2H3,(H,22,23)/t12-,13+/m1/s1. The second kappa shape index (κ2) is 6.93. The van der Waals surface area contributed by atoms with Crippen LogP contribution in [0.2, 0.25) is 5.02 Å². The fourth-order valence-electron chi connectivity index (χ4n) is 4.13. The van der Waals surface area contributed by atoms with Crippen LogP contribution in [0.5, 0.6) is 0 Å². The average molecular weight is 390 g/mol. The molecule has 1 aromatic heterocycles. The highest BCUT2D eigenvalue weighted by Gasteiger charge is 2.37. The SMILES string of the molecule is C[C@@H]1Cc2c(C(=O)N3CCC(O)(c4ccc(Cl)cc4)CC3)n[nH]c2[C@H](C)O1. The molecule has 1 aromatic carbocycles. The van der Waals surface area contributed by atoms with E-state index in [1.54, 1.807) is 17.0 Å². The van der Waals surface area contributed by atoms with Crippen LogP contribution >= 0.6 is 11.6 Å². The third-order valence-electron chi connectivity index (χ3n) is 5.70. The van der Waals surface area contributed by atoms with Gasteiger partial charge in [0.05, 0.1) is 23.5 Å². The summed E-state index contributed by atoms with van der Waals surface area (Å²) in [6.07, 6.45) is 1.63. The van der Waals surface area contributed by atoms with Gasteiger partial charge in [-0.15, -0.1) is 0 Å². The number of ether oxygens (including phenoxy) is 1. The maximum absolute atomic E-state index is 13.0. The maximum Gasteiger partial charge on any atom is 0.274 e. The molecular formula is C20H24ClN3O3. The first-order valence-electron chi connectivity index (χ1n) is 9.38. The Kier molecular flexibility index (Phi) is 4.74. The molecule has 0 unspecified atom stereocenters. The monoisotopic (exact) mass is 389 g/mol. The number of likely N-dealkylation sites (tertiary alicyclic amines) is 1. The summed E-state index contributed by atoms with van der Waals surface area (Å²) in [7, 11) is 0. The highest BCUT2D eigenvalue weighted by molar-refractivity contribution is 6.30. The quantitative estimate of drug-likeness (QED) is 0.826. The Hall–Kier alpha value is -1.89. The summed E-state index contributed by atoms with van der Waals surface area (Å²) in [5, 5.41) is 18.9. The van der Waals surface area contributed by atoms with Gasteiger partial charge < -0.3 is 14.7 Å². The number of hydrogen-bond donors (Lipinski definition) is 2. The van der Waals surface area contributed by atoms with Crippen LogP contribution in [0.3, 0.4) is 0 Å². The van der Waals surface area contributed by atoms with Gasteiger partial charge in [-0.1, -0.05) is 23.7 Å². The minimum absolute atomic E-state index is 0.0630. The Morgan fingerprint density at radius 1 is 1.30 bits per heavy atom. The van der Waals surface area contributed by atoms with Gasteiger partial charge in [0.15, 0.2) is 5.69 Å². The van der Waals surface area contributed by atoms with Crippen LogP contribution in [-0.4, -0.2) is 45.3 Å². The van der Waals surface area contributed by atoms with Crippen molar-refractivity contribution in [3.05, 3.63) is 51.8 Å². The van der Waals surface area contributed by atoms with Gasteiger partial charge in [0.1, 0.15) is 0 Å². The van der Waals surface area contributed by atoms with Crippen molar-refractivity contribution in [2.75, 3.05) is 13.1 Å². The zero-order valence-electron chi connectivity index (χ0n) is 15.5. The largest absolute Gasteiger partial charge is 0.385 e. The lowest BCUT2D eigenvalue weighted by atomic mass is 9.84. The molecule has 2 atom stereocenters. The number of fused-ring (bicyclic) bond motifs is 1. The molecule has 0 spiro atoms. The summed E-state index contributed by atoms with van der Waals surface area (Å²) in [5.41, 5.74) is 2.26. The predicted molar refractivity (Wildman–Crippen MR) is 102 cm³/mol. The Bertz CT molecular complexity index is 841. The van der Waals surface area contributed by atoms with Crippen LogP contribution in [0.15, 0.2) is 24.3 Å². The number of hydrogen-bond acceptors (Lipinski definition) is 4. The number of aliphatic hydroxyl groups is 1. The highest BCUT2D eigenvalue weighted by atomic mass is 35.5. The van der Waals surface area contributed by atoms with E-state index in [1.807, 2.05) is 26.0 Å². The molecule has 3 heterocycles. The van der Waals surface area contributed by atoms with E-state index in [0.717, 1.165) is 16.8 Å². The van der Waals surface area contributed by atoms with Crippen molar-refractivity contribution in [1.29, 1.82) is 0 Å². The third-order valence-corrected chi connectivity index (χ3v) is 5.95. The van der Waals surface area contributed by atoms with Crippen molar-refractivity contribution in [2.24, 2.45) is 0 Å². The lowest BCUT2D eigenvalue weighted by Gasteiger charge is -2.38. The van der Waals surface area contributed by atoms with E-state index >= 15 is 0 Å². The zero-order chi connectivity index (χ0) is 19.2. The molecule has 0 radical (unpaired) electrons. The first-order valence-corrected chi connectivity index (χ1v) is 9.75. The number of halogens is 1. The van der Waals surface area contributed by atoms with E-state index in [4.69, 9.17) is 16.3 Å². The van der Waals surface area contributed by atoms with Crippen LogP contribution in [0, 0.1) is 0 Å². The van der Waals surface area contributed by atoms with Crippen LogP contribution in [0.1, 0.15) is 60.1 Å². The molecule has 2 aromatic rings. The minimum atomic E-state index is -0.927. The number of aromatic amines is 1. The molecule has 0 bridgehead atoms. The Labute approximate surface area is 163 Å². The molecule has 1 fully saturated rings. The summed E-state index contributed by atoms with van der Waals surface area (Å²) in [5.74, 6) is -0.0769. The zero-order valence-corrected chi connectivity index (χ0v) is 16.3. The molecule has 6 nitrogen and oxygen atoms in total. The van der Waals surface area contributed by atoms with E-state index in [9.17, 15) is 9.90 Å². The minimum Gasteiger partial charge on any atom is -0.385 e. The number of carbonyl (C=O) groups is 1. The van der Waals surface area contributed by atoms with E-state index < -0.39 is 5.60 Å². The van der Waals surface area contributed by atoms with Crippen molar-refractivity contribution in [2.45, 2.75) is 50.9 Å². The lowest BCUT2D eigenvalue weighted by molar-refractivity contribution is -0.0214. The smallest absolute Gasteiger partial charge is 0.274 e. The predicted octanol–water partition coefficient (Wildman–Crippen LogP) is 3.21. The fraction of sp³-hybridized carbons (Fsp3) is 0.500. The number of rotatable bonds is 2. The summed E-state index contributed by atoms with van der Waals surface area (Å²) >= 11 is 5.94. The number of benzene rings is 1. The molecule has 1 amide bonds. The number of amides is 1. The Morgan fingerprint density at radius 3 is 2.63 bits per heavy atom. The number of nitrogens with zero attached hydrogens (tertiary/aromatic N) is 2. The van der Waals surface area contributed by atoms with Gasteiger partial charge in [0.2, 0.25) is 0 Å². The fourth-order valence-corrected chi connectivity index (χ4v) is 4.25. The van der Waals surface area contributed by atoms with Crippen molar-refractivity contribution < 1.29 is 14.6 Å². The van der Waals surface area contributed by atoms with E-state index in [1.165, 1.54) is 0 Å². The van der Waals surface area contributed by atoms with Crippen LogP contribution in [0.25, 0.3) is 0 Å². The van der Waals surface area contributed by atoms with Crippen molar-refractivity contribution >= 4 is 17.5 Å². The van der Waals surface area contributed by atoms with Gasteiger partial charge in [-0.2, -0.15) is 5.10 Å². The van der Waals surface area contributed by atoms with E-state index in [0.29, 0.717) is 43.1 Å². The van der Waals surface area contributed by atoms with Crippen molar-refractivity contribution in [3.8, 4) is 0 Å². The van der Waals surface area contributed by atoms with Crippen LogP contribution < -0.4 is 0 Å². The molecule has 27 heavy (non-hydrogen) atoms. The molecular weight excluding hydrogens is 366 g/mol. The summed E-state index contributed by atoms with van der Waals surface area (Å²) in [4.78, 5) is 14.8. The first kappa shape index (κ1) is 18.5. The second-order valence-corrected chi connectivity index (χ2v) is 8.02. The van der Waals surface area contributed by atoms with E-state index in [2.05, 4.69) is 10.2 Å². The van der Waals surface area contributed by atoms with Gasteiger partial charge in [-0.05, 0) is 44.4 Å². The molecule has 4 rings (SSSR count). The molecule has 0 saturated carbocycles. The van der Waals surface area contributed by atoms with Gasteiger partial charge >= 0.3 is 0 Å². The summed E-state index contributed by atoms with van der Waals surface area (Å²) < 4.78 is 5.80. The molecule has 7 heteroatoms. The van der Waals surface area contributed by atoms with Crippen molar-refractivity contribution in [1.82, 2.24) is 15.1 Å². The Morgan fingerprint density at radius 2 is 1.96 bits per heavy atom. The van der Waals surface area contributed by atoms with Crippen LogP contribution in [-0.2, 0) is 16.8 Å². The van der Waals surface area contributed by atoms with Gasteiger partial charge in [0.25, 0.3) is 5.91 Å². The molecule has 1 saturated heterocycles. The molecule has 2 aliphatic heterocycles. The molecule has 2 N–H and O–H groups in total. The van der Waals surface area contributed by atoms with Gasteiger partial charge in [-0.3, -0.25) is 9.89 Å². The third kappa shape index (κ3) is 3.37. The number of nitrogens with one attached hydrogen (secondary N) is 1. The number of H-pyrrole nitrogens is 1. The average Bonchev–Trinajstić information content (AvgIpc) is 3.06. The van der Waals surface area contributed by atoms with Crippen molar-refractivity contribution in [3.63, 3.8) is 0 Å². The molecule has 144 valence electrons. The number of carbonyl (C=O) groups excluding carboxylic acids is 1.